The molecule has 3 aliphatic rings. The van der Waals surface area contributed by atoms with Crippen LogP contribution >= 0.6 is 0 Å². The van der Waals surface area contributed by atoms with Gasteiger partial charge in [-0.3, -0.25) is 10.3 Å². The number of aromatic amines is 1. The highest BCUT2D eigenvalue weighted by Gasteiger charge is 2.42. The Labute approximate surface area is 207 Å². The van der Waals surface area contributed by atoms with E-state index >= 15 is 0 Å². The lowest BCUT2D eigenvalue weighted by Gasteiger charge is -2.33. The van der Waals surface area contributed by atoms with E-state index in [1.54, 1.807) is 0 Å². The molecule has 0 radical (unpaired) electrons. The van der Waals surface area contributed by atoms with E-state index in [1.165, 1.54) is 23.0 Å². The van der Waals surface area contributed by atoms with Gasteiger partial charge in [0.05, 0.1) is 24.2 Å². The van der Waals surface area contributed by atoms with Crippen LogP contribution in [0, 0.1) is 5.92 Å². The Balaban J connectivity index is 1.19. The van der Waals surface area contributed by atoms with Crippen molar-refractivity contribution < 1.29 is 13.5 Å². The molecule has 190 valence electrons. The number of benzene rings is 1. The number of rotatable bonds is 8. The fourth-order valence-electron chi connectivity index (χ4n) is 5.93. The van der Waals surface area contributed by atoms with Gasteiger partial charge in [0.15, 0.2) is 0 Å². The Morgan fingerprint density at radius 1 is 1.26 bits per heavy atom. The molecule has 1 aromatic carbocycles. The number of aromatic hydroxyl groups is 1. The smallest absolute Gasteiger partial charge is 0.208 e. The third kappa shape index (κ3) is 5.46. The second kappa shape index (κ2) is 10.0. The molecule has 1 aliphatic carbocycles. The number of phenolic OH excluding ortho intramolecular Hbond substituents is 1. The van der Waals surface area contributed by atoms with E-state index in [9.17, 15) is 13.5 Å². The van der Waals surface area contributed by atoms with Gasteiger partial charge in [0.2, 0.25) is 10.0 Å². The van der Waals surface area contributed by atoms with Crippen molar-refractivity contribution in [3.8, 4) is 5.75 Å². The van der Waals surface area contributed by atoms with Crippen LogP contribution in [0.4, 0.5) is 0 Å². The third-order valence-electron chi connectivity index (χ3n) is 7.72. The highest BCUT2D eigenvalue weighted by atomic mass is 32.2. The Kier molecular flexibility index (Phi) is 7.00. The lowest BCUT2D eigenvalue weighted by Crippen LogP contribution is -2.35. The number of H-pyrrole nitrogens is 1. The largest absolute Gasteiger partial charge is 0.508 e. The van der Waals surface area contributed by atoms with Crippen molar-refractivity contribution >= 4 is 15.6 Å². The predicted octanol–water partition coefficient (Wildman–Crippen LogP) is 2.03. The second-order valence-electron chi connectivity index (χ2n) is 10.1. The number of aromatic nitrogens is 2. The number of imidazole rings is 1. The van der Waals surface area contributed by atoms with Crippen LogP contribution in [0.5, 0.6) is 5.75 Å². The number of hydrogen-bond acceptors (Lipinski definition) is 7. The molecule has 10 heteroatoms. The van der Waals surface area contributed by atoms with Crippen molar-refractivity contribution in [2.45, 2.75) is 50.6 Å². The van der Waals surface area contributed by atoms with Crippen molar-refractivity contribution in [1.82, 2.24) is 30.4 Å². The van der Waals surface area contributed by atoms with Crippen molar-refractivity contribution in [1.29, 1.82) is 0 Å². The molecule has 2 aromatic rings. The summed E-state index contributed by atoms with van der Waals surface area (Å²) < 4.78 is 25.1. The van der Waals surface area contributed by atoms with Crippen LogP contribution in [0.1, 0.15) is 60.8 Å². The van der Waals surface area contributed by atoms with Crippen LogP contribution in [-0.2, 0) is 16.4 Å². The number of phenols is 1. The fraction of sp³-hybridized carbons (Fsp3) is 0.560. The molecule has 2 aliphatic heterocycles. The second-order valence-corrected chi connectivity index (χ2v) is 11.9. The van der Waals surface area contributed by atoms with E-state index in [2.05, 4.69) is 44.5 Å². The minimum Gasteiger partial charge on any atom is -0.508 e. The predicted molar refractivity (Wildman–Crippen MR) is 136 cm³/mol. The average molecular weight is 501 g/mol. The first kappa shape index (κ1) is 24.5. The highest BCUT2D eigenvalue weighted by Crippen LogP contribution is 2.44. The summed E-state index contributed by atoms with van der Waals surface area (Å²) in [6.45, 7) is 4.83. The van der Waals surface area contributed by atoms with Crippen LogP contribution in [0.25, 0.3) is 5.57 Å². The zero-order valence-electron chi connectivity index (χ0n) is 20.4. The Morgan fingerprint density at radius 3 is 2.91 bits per heavy atom. The van der Waals surface area contributed by atoms with Crippen LogP contribution in [0.3, 0.4) is 0 Å². The molecule has 2 fully saturated rings. The third-order valence-corrected chi connectivity index (χ3v) is 8.45. The molecule has 1 aromatic heterocycles. The molecule has 0 bridgehead atoms. The normalized spacial score (nSPS) is 27.2. The Hall–Kier alpha value is -2.24. The topological polar surface area (TPSA) is 122 Å². The zero-order chi connectivity index (χ0) is 24.6. The number of aryl methyl sites for hydroxylation is 1. The van der Waals surface area contributed by atoms with Gasteiger partial charge in [-0.25, -0.2) is 23.5 Å². The molecule has 1 saturated heterocycles. The maximum absolute atomic E-state index is 11.3. The van der Waals surface area contributed by atoms with Crippen LogP contribution in [0.2, 0.25) is 0 Å². The van der Waals surface area contributed by atoms with E-state index in [1.807, 2.05) is 18.3 Å². The van der Waals surface area contributed by atoms with E-state index < -0.39 is 10.0 Å². The molecule has 1 saturated carbocycles. The highest BCUT2D eigenvalue weighted by molar-refractivity contribution is 7.88. The molecular weight excluding hydrogens is 464 g/mol. The number of hydrogen-bond donors (Lipinski definition) is 5. The summed E-state index contributed by atoms with van der Waals surface area (Å²) >= 11 is 0. The lowest BCUT2D eigenvalue weighted by molar-refractivity contribution is 0.276. The van der Waals surface area contributed by atoms with Gasteiger partial charge < -0.3 is 10.1 Å². The first-order chi connectivity index (χ1) is 16.8. The molecular formula is C25H36N6O3S. The van der Waals surface area contributed by atoms with Crippen LogP contribution in [-0.4, -0.2) is 66.9 Å². The minimum atomic E-state index is -3.16. The molecule has 9 nitrogen and oxygen atoms in total. The van der Waals surface area contributed by atoms with E-state index in [-0.39, 0.29) is 6.04 Å². The van der Waals surface area contributed by atoms with Gasteiger partial charge in [-0.2, -0.15) is 0 Å². The minimum absolute atomic E-state index is 0.150. The number of hydrazine groups is 1. The van der Waals surface area contributed by atoms with Crippen molar-refractivity contribution in [3.05, 3.63) is 53.1 Å². The molecule has 35 heavy (non-hydrogen) atoms. The van der Waals surface area contributed by atoms with Gasteiger partial charge in [0.25, 0.3) is 0 Å². The molecule has 5 N–H and O–H groups in total. The van der Waals surface area contributed by atoms with Crippen molar-refractivity contribution in [2.75, 3.05) is 32.4 Å². The van der Waals surface area contributed by atoms with Crippen molar-refractivity contribution in [3.63, 3.8) is 0 Å². The molecule has 0 amide bonds. The van der Waals surface area contributed by atoms with Gasteiger partial charge in [-0.1, -0.05) is 19.1 Å². The monoisotopic (exact) mass is 500 g/mol. The van der Waals surface area contributed by atoms with Gasteiger partial charge in [0.1, 0.15) is 11.6 Å². The summed E-state index contributed by atoms with van der Waals surface area (Å²) in [4.78, 5) is 10.5. The first-order valence-corrected chi connectivity index (χ1v) is 14.4. The number of nitrogens with one attached hydrogen (secondary N) is 4. The number of nitrogens with zero attached hydrogens (tertiary/aromatic N) is 2. The number of fused-ring (bicyclic) bond motifs is 1. The Morgan fingerprint density at radius 2 is 2.11 bits per heavy atom. The van der Waals surface area contributed by atoms with Gasteiger partial charge in [-0.15, -0.1) is 0 Å². The molecule has 0 spiro atoms. The molecule has 4 atom stereocenters. The number of sulfonamides is 1. The Bertz CT molecular complexity index is 1190. The van der Waals surface area contributed by atoms with Crippen LogP contribution < -0.4 is 15.6 Å². The summed E-state index contributed by atoms with van der Waals surface area (Å²) in [7, 11) is -3.16. The lowest BCUT2D eigenvalue weighted by atomic mass is 9.73. The van der Waals surface area contributed by atoms with Gasteiger partial charge in [0, 0.05) is 32.2 Å². The maximum atomic E-state index is 11.3. The summed E-state index contributed by atoms with van der Waals surface area (Å²) in [5.74, 6) is 2.29. The quantitative estimate of drug-likeness (QED) is 0.376. The van der Waals surface area contributed by atoms with E-state index in [0.717, 1.165) is 50.3 Å². The van der Waals surface area contributed by atoms with Crippen LogP contribution in [0.15, 0.2) is 30.5 Å². The fourth-order valence-corrected chi connectivity index (χ4v) is 6.40. The van der Waals surface area contributed by atoms with E-state index in [4.69, 9.17) is 4.98 Å². The summed E-state index contributed by atoms with van der Waals surface area (Å²) in [5, 5.41) is 9.88. The van der Waals surface area contributed by atoms with Gasteiger partial charge in [-0.05, 0) is 66.4 Å². The molecule has 4 unspecified atom stereocenters. The summed E-state index contributed by atoms with van der Waals surface area (Å²) in [5.41, 5.74) is 11.9. The maximum Gasteiger partial charge on any atom is 0.208 e. The molecule has 5 rings (SSSR count). The zero-order valence-corrected chi connectivity index (χ0v) is 21.2. The van der Waals surface area contributed by atoms with Gasteiger partial charge >= 0.3 is 0 Å². The standard InChI is InChI=1S/C25H36N6O3S/c1-3-16-12-19(32)5-7-20(16)17-4-6-21-22(13-17)29-30-24(21)25-26-14-23(28-25)18-8-10-31(15-18)11-9-27-35(2,33)34/h5,7-8,12,14,17,21-22,24,27,29-30,32H,3-4,6,9-11,13,15H2,1-2H3,(H,26,28). The first-order valence-electron chi connectivity index (χ1n) is 12.5. The van der Waals surface area contributed by atoms with Crippen molar-refractivity contribution in [2.24, 2.45) is 5.92 Å². The summed E-state index contributed by atoms with van der Waals surface area (Å²) in [6.07, 6.45) is 9.54. The summed E-state index contributed by atoms with van der Waals surface area (Å²) in [6, 6.07) is 6.37. The molecule has 3 heterocycles. The average Bonchev–Trinajstić information content (AvgIpc) is 3.56. The SMILES string of the molecule is CCc1cc(O)ccc1C1CCC2C(C1)NNC2c1ncc(C2=CCN(CCNS(C)(=O)=O)C2)[nH]1. The van der Waals surface area contributed by atoms with E-state index in [0.29, 0.717) is 36.7 Å².